The van der Waals surface area contributed by atoms with Crippen LogP contribution in [0.3, 0.4) is 0 Å². The molecule has 31 heavy (non-hydrogen) atoms. The van der Waals surface area contributed by atoms with Gasteiger partial charge in [-0.05, 0) is 43.4 Å². The SMILES string of the molecule is COc1ccc(CN=C(NCC(=O)N(C)C)NC2CCN(C3CCCCC3)CC2)cc1. The van der Waals surface area contributed by atoms with Gasteiger partial charge in [0.2, 0.25) is 5.91 Å². The van der Waals surface area contributed by atoms with E-state index in [-0.39, 0.29) is 12.5 Å². The second-order valence-electron chi connectivity index (χ2n) is 8.90. The van der Waals surface area contributed by atoms with Crippen LogP contribution in [0.25, 0.3) is 0 Å². The fourth-order valence-electron chi connectivity index (χ4n) is 4.42. The van der Waals surface area contributed by atoms with Crippen molar-refractivity contribution in [3.8, 4) is 5.75 Å². The molecule has 172 valence electrons. The summed E-state index contributed by atoms with van der Waals surface area (Å²) in [4.78, 5) is 21.1. The van der Waals surface area contributed by atoms with Crippen molar-refractivity contribution in [2.75, 3.05) is 40.8 Å². The van der Waals surface area contributed by atoms with E-state index in [0.717, 1.165) is 43.3 Å². The van der Waals surface area contributed by atoms with Crippen molar-refractivity contribution in [3.05, 3.63) is 29.8 Å². The highest BCUT2D eigenvalue weighted by Crippen LogP contribution is 2.25. The number of hydrogen-bond donors (Lipinski definition) is 2. The fraction of sp³-hybridized carbons (Fsp3) is 0.667. The third-order valence-corrected chi connectivity index (χ3v) is 6.45. The summed E-state index contributed by atoms with van der Waals surface area (Å²) in [5.74, 6) is 1.58. The van der Waals surface area contributed by atoms with Crippen LogP contribution in [0.5, 0.6) is 5.75 Å². The van der Waals surface area contributed by atoms with Gasteiger partial charge < -0.3 is 25.2 Å². The number of methoxy groups -OCH3 is 1. The number of nitrogens with one attached hydrogen (secondary N) is 2. The molecule has 1 heterocycles. The summed E-state index contributed by atoms with van der Waals surface area (Å²) in [6.45, 7) is 3.08. The van der Waals surface area contributed by atoms with Gasteiger partial charge in [0.1, 0.15) is 5.75 Å². The Morgan fingerprint density at radius 2 is 1.77 bits per heavy atom. The number of carbonyl (C=O) groups is 1. The van der Waals surface area contributed by atoms with E-state index in [0.29, 0.717) is 18.5 Å². The number of aliphatic imine (C=N–C) groups is 1. The van der Waals surface area contributed by atoms with E-state index < -0.39 is 0 Å². The number of likely N-dealkylation sites (tertiary alicyclic amines) is 1. The van der Waals surface area contributed by atoms with Crippen molar-refractivity contribution in [3.63, 3.8) is 0 Å². The van der Waals surface area contributed by atoms with E-state index in [2.05, 4.69) is 15.5 Å². The predicted octanol–water partition coefficient (Wildman–Crippen LogP) is 2.62. The molecule has 7 nitrogen and oxygen atoms in total. The Morgan fingerprint density at radius 3 is 2.39 bits per heavy atom. The lowest BCUT2D eigenvalue weighted by atomic mass is 9.92. The molecule has 1 saturated heterocycles. The first-order chi connectivity index (χ1) is 15.0. The molecule has 3 rings (SSSR count). The molecule has 2 aliphatic rings. The summed E-state index contributed by atoms with van der Waals surface area (Å²) < 4.78 is 5.23. The zero-order chi connectivity index (χ0) is 22.1. The van der Waals surface area contributed by atoms with Gasteiger partial charge in [0, 0.05) is 39.3 Å². The quantitative estimate of drug-likeness (QED) is 0.515. The molecular weight excluding hydrogens is 390 g/mol. The fourth-order valence-corrected chi connectivity index (χ4v) is 4.42. The molecule has 7 heteroatoms. The number of amides is 1. The molecule has 1 aliphatic heterocycles. The highest BCUT2D eigenvalue weighted by atomic mass is 16.5. The van der Waals surface area contributed by atoms with Crippen LogP contribution in [0.1, 0.15) is 50.5 Å². The molecule has 1 aromatic rings. The molecule has 1 aromatic carbocycles. The maximum Gasteiger partial charge on any atom is 0.241 e. The van der Waals surface area contributed by atoms with Crippen LogP contribution in [0.2, 0.25) is 0 Å². The Hall–Kier alpha value is -2.28. The number of hydrogen-bond acceptors (Lipinski definition) is 4. The van der Waals surface area contributed by atoms with Crippen LogP contribution in [0.4, 0.5) is 0 Å². The number of benzene rings is 1. The minimum Gasteiger partial charge on any atom is -0.497 e. The second kappa shape index (κ2) is 11.9. The summed E-state index contributed by atoms with van der Waals surface area (Å²) in [6.07, 6.45) is 9.12. The van der Waals surface area contributed by atoms with Gasteiger partial charge in [-0.2, -0.15) is 0 Å². The molecule has 2 N–H and O–H groups in total. The summed E-state index contributed by atoms with van der Waals surface area (Å²) in [5, 5.41) is 6.81. The van der Waals surface area contributed by atoms with E-state index in [4.69, 9.17) is 9.73 Å². The first kappa shape index (κ1) is 23.4. The zero-order valence-electron chi connectivity index (χ0n) is 19.4. The van der Waals surface area contributed by atoms with Crippen molar-refractivity contribution in [1.29, 1.82) is 0 Å². The molecule has 0 spiro atoms. The Bertz CT molecular complexity index is 705. The van der Waals surface area contributed by atoms with Gasteiger partial charge in [-0.15, -0.1) is 0 Å². The highest BCUT2D eigenvalue weighted by Gasteiger charge is 2.26. The molecule has 1 amide bonds. The first-order valence-corrected chi connectivity index (χ1v) is 11.7. The van der Waals surface area contributed by atoms with Crippen LogP contribution < -0.4 is 15.4 Å². The van der Waals surface area contributed by atoms with Crippen LogP contribution >= 0.6 is 0 Å². The zero-order valence-corrected chi connectivity index (χ0v) is 19.4. The van der Waals surface area contributed by atoms with E-state index in [1.54, 1.807) is 26.1 Å². The smallest absolute Gasteiger partial charge is 0.241 e. The number of piperidine rings is 1. The van der Waals surface area contributed by atoms with E-state index in [1.807, 2.05) is 24.3 Å². The van der Waals surface area contributed by atoms with Gasteiger partial charge >= 0.3 is 0 Å². The number of carbonyl (C=O) groups excluding carboxylic acids is 1. The van der Waals surface area contributed by atoms with Crippen molar-refractivity contribution < 1.29 is 9.53 Å². The van der Waals surface area contributed by atoms with Crippen LogP contribution in [-0.4, -0.2) is 74.6 Å². The molecule has 1 aliphatic carbocycles. The number of guanidine groups is 1. The van der Waals surface area contributed by atoms with E-state index in [1.165, 1.54) is 32.1 Å². The van der Waals surface area contributed by atoms with Crippen LogP contribution in [0, 0.1) is 0 Å². The molecule has 0 bridgehead atoms. The standard InChI is InChI=1S/C24H39N5O2/c1-28(2)23(30)18-26-24(25-17-19-9-11-22(31-3)12-10-19)27-20-13-15-29(16-14-20)21-7-5-4-6-8-21/h9-12,20-21H,4-8,13-18H2,1-3H3,(H2,25,26,27). The number of nitrogens with zero attached hydrogens (tertiary/aromatic N) is 3. The molecular formula is C24H39N5O2. The number of likely N-dealkylation sites (N-methyl/N-ethyl adjacent to an activating group) is 1. The molecule has 1 saturated carbocycles. The lowest BCUT2D eigenvalue weighted by Crippen LogP contribution is -2.52. The molecule has 0 unspecified atom stereocenters. The monoisotopic (exact) mass is 429 g/mol. The predicted molar refractivity (Wildman–Crippen MR) is 125 cm³/mol. The van der Waals surface area contributed by atoms with Gasteiger partial charge in [-0.25, -0.2) is 4.99 Å². The minimum atomic E-state index is 0.0334. The largest absolute Gasteiger partial charge is 0.497 e. The van der Waals surface area contributed by atoms with Gasteiger partial charge in [-0.1, -0.05) is 31.4 Å². The second-order valence-corrected chi connectivity index (χ2v) is 8.90. The lowest BCUT2D eigenvalue weighted by Gasteiger charge is -2.39. The maximum absolute atomic E-state index is 12.1. The summed E-state index contributed by atoms with van der Waals surface area (Å²) >= 11 is 0. The average molecular weight is 430 g/mol. The Kier molecular flexibility index (Phi) is 9.00. The normalized spacial score (nSPS) is 19.1. The number of rotatable bonds is 7. The Balaban J connectivity index is 1.55. The first-order valence-electron chi connectivity index (χ1n) is 11.7. The van der Waals surface area contributed by atoms with Gasteiger partial charge in [0.05, 0.1) is 20.2 Å². The van der Waals surface area contributed by atoms with E-state index >= 15 is 0 Å². The van der Waals surface area contributed by atoms with Crippen molar-refractivity contribution in [2.45, 2.75) is 63.6 Å². The van der Waals surface area contributed by atoms with Gasteiger partial charge in [-0.3, -0.25) is 4.79 Å². The molecule has 0 aromatic heterocycles. The van der Waals surface area contributed by atoms with Crippen LogP contribution in [0.15, 0.2) is 29.3 Å². The van der Waals surface area contributed by atoms with Crippen molar-refractivity contribution >= 4 is 11.9 Å². The van der Waals surface area contributed by atoms with Crippen molar-refractivity contribution in [1.82, 2.24) is 20.4 Å². The topological polar surface area (TPSA) is 69.2 Å². The maximum atomic E-state index is 12.1. The van der Waals surface area contributed by atoms with Gasteiger partial charge in [0.25, 0.3) is 0 Å². The average Bonchev–Trinajstić information content (AvgIpc) is 2.81. The molecule has 0 atom stereocenters. The van der Waals surface area contributed by atoms with E-state index in [9.17, 15) is 4.79 Å². The third-order valence-electron chi connectivity index (χ3n) is 6.45. The summed E-state index contributed by atoms with van der Waals surface area (Å²) in [6, 6.07) is 9.11. The molecule has 0 radical (unpaired) electrons. The third kappa shape index (κ3) is 7.42. The molecule has 2 fully saturated rings. The Morgan fingerprint density at radius 1 is 1.10 bits per heavy atom. The Labute approximate surface area is 187 Å². The van der Waals surface area contributed by atoms with Gasteiger partial charge in [0.15, 0.2) is 5.96 Å². The number of ether oxygens (including phenoxy) is 1. The van der Waals surface area contributed by atoms with Crippen LogP contribution in [-0.2, 0) is 11.3 Å². The minimum absolute atomic E-state index is 0.0334. The summed E-state index contributed by atoms with van der Waals surface area (Å²) in [7, 11) is 5.21. The lowest BCUT2D eigenvalue weighted by molar-refractivity contribution is -0.127. The highest BCUT2D eigenvalue weighted by molar-refractivity contribution is 5.86. The van der Waals surface area contributed by atoms with Crippen molar-refractivity contribution in [2.24, 2.45) is 4.99 Å². The summed E-state index contributed by atoms with van der Waals surface area (Å²) in [5.41, 5.74) is 1.10.